The molecule has 0 fully saturated rings. The number of benzene rings is 2. The highest BCUT2D eigenvalue weighted by Gasteiger charge is 2.10. The summed E-state index contributed by atoms with van der Waals surface area (Å²) in [6.07, 6.45) is 0. The third-order valence-corrected chi connectivity index (χ3v) is 4.42. The van der Waals surface area contributed by atoms with Gasteiger partial charge in [-0.1, -0.05) is 24.3 Å². The summed E-state index contributed by atoms with van der Waals surface area (Å²) in [5.41, 5.74) is 4.88. The maximum absolute atomic E-state index is 11.1. The summed E-state index contributed by atoms with van der Waals surface area (Å²) in [5.74, 6) is 0. The molecule has 5 heteroatoms. The molecule has 0 bridgehead atoms. The van der Waals surface area contributed by atoms with Gasteiger partial charge >= 0.3 is 0 Å². The van der Waals surface area contributed by atoms with Gasteiger partial charge in [-0.3, -0.25) is 0 Å². The van der Waals surface area contributed by atoms with Crippen LogP contribution in [-0.2, 0) is 6.54 Å². The summed E-state index contributed by atoms with van der Waals surface area (Å²) in [4.78, 5) is 15.4. The van der Waals surface area contributed by atoms with E-state index < -0.39 is 0 Å². The smallest absolute Gasteiger partial charge is 0.131 e. The standard InChI is InChI=1S/C20H28N4O/c1-5-24(4)20-14-18(9-10-19(20)22-25)17-8-6-7-16(13-17)15-23(3)12-11-21-2/h6-10,13-14,21H,5,11-12,15H2,1-4H3. The van der Waals surface area contributed by atoms with Crippen LogP contribution in [0.15, 0.2) is 47.6 Å². The van der Waals surface area contributed by atoms with Crippen LogP contribution in [0.5, 0.6) is 0 Å². The van der Waals surface area contributed by atoms with Crippen LogP contribution in [0.3, 0.4) is 0 Å². The molecular formula is C20H28N4O. The van der Waals surface area contributed by atoms with Gasteiger partial charge < -0.3 is 15.1 Å². The van der Waals surface area contributed by atoms with E-state index in [9.17, 15) is 4.91 Å². The topological polar surface area (TPSA) is 47.9 Å². The van der Waals surface area contributed by atoms with Crippen molar-refractivity contribution in [3.8, 4) is 11.1 Å². The molecule has 0 heterocycles. The van der Waals surface area contributed by atoms with Crippen LogP contribution < -0.4 is 10.2 Å². The summed E-state index contributed by atoms with van der Waals surface area (Å²) in [7, 11) is 6.07. The van der Waals surface area contributed by atoms with Gasteiger partial charge in [-0.15, -0.1) is 4.91 Å². The van der Waals surface area contributed by atoms with Gasteiger partial charge in [0.1, 0.15) is 5.69 Å². The minimum Gasteiger partial charge on any atom is -0.373 e. The van der Waals surface area contributed by atoms with Crippen LogP contribution in [0, 0.1) is 4.91 Å². The first-order valence-electron chi connectivity index (χ1n) is 8.70. The molecule has 1 N–H and O–H groups in total. The molecule has 0 unspecified atom stereocenters. The second-order valence-electron chi connectivity index (χ2n) is 6.35. The Balaban J connectivity index is 2.26. The molecule has 0 atom stereocenters. The molecule has 0 aliphatic carbocycles. The Morgan fingerprint density at radius 2 is 1.84 bits per heavy atom. The SMILES string of the molecule is CCN(C)c1cc(-c2cccc(CN(C)CCNC)c2)ccc1N=O. The van der Waals surface area contributed by atoms with E-state index in [1.165, 1.54) is 5.56 Å². The van der Waals surface area contributed by atoms with Crippen LogP contribution in [0.25, 0.3) is 11.1 Å². The number of nitrogens with one attached hydrogen (secondary N) is 1. The van der Waals surface area contributed by atoms with E-state index in [0.29, 0.717) is 5.69 Å². The lowest BCUT2D eigenvalue weighted by Gasteiger charge is -2.19. The number of likely N-dealkylation sites (N-methyl/N-ethyl adjacent to an activating group) is 2. The van der Waals surface area contributed by atoms with Crippen molar-refractivity contribution in [2.45, 2.75) is 13.5 Å². The average Bonchev–Trinajstić information content (AvgIpc) is 2.65. The van der Waals surface area contributed by atoms with Gasteiger partial charge in [0.2, 0.25) is 0 Å². The number of nitroso groups, excluding NO2 is 1. The van der Waals surface area contributed by atoms with Crippen molar-refractivity contribution in [2.24, 2.45) is 5.18 Å². The van der Waals surface area contributed by atoms with Crippen LogP contribution in [0.4, 0.5) is 11.4 Å². The number of anilines is 1. The zero-order chi connectivity index (χ0) is 18.2. The van der Waals surface area contributed by atoms with E-state index in [1.54, 1.807) is 6.07 Å². The van der Waals surface area contributed by atoms with Crippen LogP contribution in [0.1, 0.15) is 12.5 Å². The van der Waals surface area contributed by atoms with Gasteiger partial charge in [0.05, 0.1) is 5.69 Å². The molecule has 5 nitrogen and oxygen atoms in total. The van der Waals surface area contributed by atoms with Crippen molar-refractivity contribution in [3.63, 3.8) is 0 Å². The number of hydrogen-bond donors (Lipinski definition) is 1. The first-order chi connectivity index (χ1) is 12.1. The van der Waals surface area contributed by atoms with Gasteiger partial charge in [-0.25, -0.2) is 0 Å². The van der Waals surface area contributed by atoms with Crippen molar-refractivity contribution in [1.29, 1.82) is 0 Å². The largest absolute Gasteiger partial charge is 0.373 e. The van der Waals surface area contributed by atoms with E-state index in [2.05, 4.69) is 53.6 Å². The Labute approximate surface area is 150 Å². The molecule has 134 valence electrons. The molecule has 0 saturated carbocycles. The second-order valence-corrected chi connectivity index (χ2v) is 6.35. The van der Waals surface area contributed by atoms with Gasteiger partial charge in [0.25, 0.3) is 0 Å². The Kier molecular flexibility index (Phi) is 7.10. The lowest BCUT2D eigenvalue weighted by Crippen LogP contribution is -2.26. The number of nitrogens with zero attached hydrogens (tertiary/aromatic N) is 3. The molecule has 2 aromatic carbocycles. The maximum Gasteiger partial charge on any atom is 0.131 e. The monoisotopic (exact) mass is 340 g/mol. The van der Waals surface area contributed by atoms with Gasteiger partial charge in [-0.05, 0) is 61.1 Å². The Bertz CT molecular complexity index is 702. The van der Waals surface area contributed by atoms with Crippen LogP contribution in [-0.4, -0.2) is 45.7 Å². The predicted molar refractivity (Wildman–Crippen MR) is 107 cm³/mol. The Morgan fingerprint density at radius 3 is 2.52 bits per heavy atom. The number of hydrogen-bond acceptors (Lipinski definition) is 5. The first-order valence-corrected chi connectivity index (χ1v) is 8.70. The van der Waals surface area contributed by atoms with Crippen molar-refractivity contribution in [3.05, 3.63) is 52.9 Å². The minimum atomic E-state index is 0.482. The number of rotatable bonds is 9. The van der Waals surface area contributed by atoms with Gasteiger partial charge in [-0.2, -0.15) is 0 Å². The molecule has 0 aliphatic heterocycles. The summed E-state index contributed by atoms with van der Waals surface area (Å²) in [6.45, 7) is 5.77. The van der Waals surface area contributed by atoms with Gasteiger partial charge in [0.15, 0.2) is 0 Å². The van der Waals surface area contributed by atoms with Crippen molar-refractivity contribution in [2.75, 3.05) is 45.7 Å². The third-order valence-electron chi connectivity index (χ3n) is 4.42. The fourth-order valence-electron chi connectivity index (χ4n) is 2.80. The normalized spacial score (nSPS) is 10.9. The fourth-order valence-corrected chi connectivity index (χ4v) is 2.80. The summed E-state index contributed by atoms with van der Waals surface area (Å²) in [5, 5.41) is 6.33. The Morgan fingerprint density at radius 1 is 1.08 bits per heavy atom. The highest BCUT2D eigenvalue weighted by molar-refractivity contribution is 5.76. The van der Waals surface area contributed by atoms with Gasteiger partial charge in [0, 0.05) is 33.2 Å². The second kappa shape index (κ2) is 9.30. The quantitative estimate of drug-likeness (QED) is 0.704. The lowest BCUT2D eigenvalue weighted by atomic mass is 10.0. The molecule has 0 radical (unpaired) electrons. The lowest BCUT2D eigenvalue weighted by molar-refractivity contribution is 0.328. The highest BCUT2D eigenvalue weighted by atomic mass is 16.3. The van der Waals surface area contributed by atoms with E-state index in [0.717, 1.165) is 43.0 Å². The molecular weight excluding hydrogens is 312 g/mol. The van der Waals surface area contributed by atoms with Crippen LogP contribution >= 0.6 is 0 Å². The molecule has 0 aliphatic rings. The molecule has 2 rings (SSSR count). The van der Waals surface area contributed by atoms with E-state index in [1.807, 2.05) is 31.1 Å². The zero-order valence-electron chi connectivity index (χ0n) is 15.6. The Hall–Kier alpha value is -2.24. The average molecular weight is 340 g/mol. The third kappa shape index (κ3) is 5.11. The molecule has 0 amide bonds. The van der Waals surface area contributed by atoms with Crippen molar-refractivity contribution >= 4 is 11.4 Å². The molecule has 0 aromatic heterocycles. The summed E-state index contributed by atoms with van der Waals surface area (Å²) < 4.78 is 0. The van der Waals surface area contributed by atoms with Crippen molar-refractivity contribution < 1.29 is 0 Å². The predicted octanol–water partition coefficient (Wildman–Crippen LogP) is 3.86. The molecule has 2 aromatic rings. The molecule has 25 heavy (non-hydrogen) atoms. The van der Waals surface area contributed by atoms with E-state index in [4.69, 9.17) is 0 Å². The first kappa shape index (κ1) is 19.1. The van der Waals surface area contributed by atoms with Crippen molar-refractivity contribution in [1.82, 2.24) is 10.2 Å². The summed E-state index contributed by atoms with van der Waals surface area (Å²) in [6, 6.07) is 14.4. The molecule has 0 spiro atoms. The maximum atomic E-state index is 11.1. The molecule has 0 saturated heterocycles. The minimum absolute atomic E-state index is 0.482. The highest BCUT2D eigenvalue weighted by Crippen LogP contribution is 2.33. The van der Waals surface area contributed by atoms with E-state index >= 15 is 0 Å². The fraction of sp³-hybridized carbons (Fsp3) is 0.400. The summed E-state index contributed by atoms with van der Waals surface area (Å²) >= 11 is 0. The zero-order valence-corrected chi connectivity index (χ0v) is 15.6. The van der Waals surface area contributed by atoms with E-state index in [-0.39, 0.29) is 0 Å². The van der Waals surface area contributed by atoms with Crippen LogP contribution in [0.2, 0.25) is 0 Å².